The van der Waals surface area contributed by atoms with Crippen molar-refractivity contribution in [3.05, 3.63) is 82.9 Å². The maximum Gasteiger partial charge on any atom is 0.0295 e. The molecule has 0 radical (unpaired) electrons. The summed E-state index contributed by atoms with van der Waals surface area (Å²) >= 11 is 3.47. The molecule has 2 aromatic carbocycles. The van der Waals surface area contributed by atoms with Crippen molar-refractivity contribution < 1.29 is 0 Å². The van der Waals surface area contributed by atoms with Gasteiger partial charge in [0, 0.05) is 19.1 Å². The Morgan fingerprint density at radius 2 is 1.35 bits per heavy atom. The summed E-state index contributed by atoms with van der Waals surface area (Å²) in [5.41, 5.74) is 2.72. The summed E-state index contributed by atoms with van der Waals surface area (Å²) < 4.78 is 0. The van der Waals surface area contributed by atoms with Crippen LogP contribution in [0.25, 0.3) is 0 Å². The monoisotopic (exact) mass is 371 g/mol. The fraction of sp³-hybridized carbons (Fsp3) is 0.333. The molecule has 0 bridgehead atoms. The molecule has 0 aromatic heterocycles. The van der Waals surface area contributed by atoms with E-state index in [0.717, 1.165) is 19.5 Å². The van der Waals surface area contributed by atoms with E-state index in [2.05, 4.69) is 101 Å². The summed E-state index contributed by atoms with van der Waals surface area (Å²) in [7, 11) is 0. The highest BCUT2D eigenvalue weighted by Gasteiger charge is 2.18. The van der Waals surface area contributed by atoms with Crippen LogP contribution in [0.1, 0.15) is 31.4 Å². The summed E-state index contributed by atoms with van der Waals surface area (Å²) in [6, 6.07) is 21.9. The highest BCUT2D eigenvalue weighted by Crippen LogP contribution is 2.20. The van der Waals surface area contributed by atoms with E-state index in [9.17, 15) is 0 Å². The zero-order chi connectivity index (χ0) is 16.5. The normalized spacial score (nSPS) is 13.1. The first-order chi connectivity index (χ1) is 11.2. The molecule has 0 saturated carbocycles. The molecule has 0 saturated heterocycles. The van der Waals surface area contributed by atoms with E-state index in [1.54, 1.807) is 0 Å². The van der Waals surface area contributed by atoms with Crippen molar-refractivity contribution in [3.63, 3.8) is 0 Å². The molecule has 2 heteroatoms. The average molecular weight is 372 g/mol. The Kier molecular flexibility index (Phi) is 7.57. The topological polar surface area (TPSA) is 3.24 Å². The molecule has 0 unspecified atom stereocenters. The Morgan fingerprint density at radius 1 is 0.870 bits per heavy atom. The summed E-state index contributed by atoms with van der Waals surface area (Å²) in [5, 5.41) is 0. The van der Waals surface area contributed by atoms with E-state index < -0.39 is 0 Å². The molecule has 122 valence electrons. The first kappa shape index (κ1) is 18.0. The fourth-order valence-corrected chi connectivity index (χ4v) is 3.19. The first-order valence-electron chi connectivity index (χ1n) is 8.28. The van der Waals surface area contributed by atoms with Gasteiger partial charge in [0.05, 0.1) is 0 Å². The predicted octanol–water partition coefficient (Wildman–Crippen LogP) is 6.01. The molecular formula is C21H26BrN. The van der Waals surface area contributed by atoms with Gasteiger partial charge in [-0.05, 0) is 28.5 Å². The molecule has 2 aromatic rings. The summed E-state index contributed by atoms with van der Waals surface area (Å²) in [4.78, 5) is 4.56. The second-order valence-corrected chi connectivity index (χ2v) is 6.92. The lowest BCUT2D eigenvalue weighted by Crippen LogP contribution is -2.34. The minimum atomic E-state index is 0.426. The molecule has 1 nitrogen and oxygen atoms in total. The molecule has 0 aliphatic heterocycles. The average Bonchev–Trinajstić information content (AvgIpc) is 2.55. The molecule has 1 atom stereocenters. The standard InChI is InChI=1S/C21H26BrN/c1-18(2)15-21(13-14-22)23(16-19-9-5-3-6-10-19)17-20-11-7-4-8-12-20/h3-14,18,21H,15-17H2,1-2H3/b14-13+/t21-/m1/s1. The molecule has 0 spiro atoms. The van der Waals surface area contributed by atoms with E-state index in [4.69, 9.17) is 0 Å². The Morgan fingerprint density at radius 3 is 1.74 bits per heavy atom. The lowest BCUT2D eigenvalue weighted by atomic mass is 10.0. The van der Waals surface area contributed by atoms with Gasteiger partial charge in [0.15, 0.2) is 0 Å². The van der Waals surface area contributed by atoms with Crippen molar-refractivity contribution in [1.29, 1.82) is 0 Å². The molecule has 0 heterocycles. The van der Waals surface area contributed by atoms with Crippen LogP contribution in [0.3, 0.4) is 0 Å². The summed E-state index contributed by atoms with van der Waals surface area (Å²) in [6.45, 7) is 6.51. The van der Waals surface area contributed by atoms with Crippen LogP contribution < -0.4 is 0 Å². The van der Waals surface area contributed by atoms with Gasteiger partial charge < -0.3 is 0 Å². The van der Waals surface area contributed by atoms with Crippen LogP contribution >= 0.6 is 15.9 Å². The largest absolute Gasteiger partial charge is 0.288 e. The lowest BCUT2D eigenvalue weighted by Gasteiger charge is -2.31. The number of hydrogen-bond acceptors (Lipinski definition) is 1. The maximum absolute atomic E-state index is 3.47. The quantitative estimate of drug-likeness (QED) is 0.548. The molecule has 0 N–H and O–H groups in total. The molecule has 2 rings (SSSR count). The van der Waals surface area contributed by atoms with Crippen LogP contribution in [-0.4, -0.2) is 10.9 Å². The molecule has 0 aliphatic carbocycles. The fourth-order valence-electron chi connectivity index (χ4n) is 2.84. The summed E-state index contributed by atoms with van der Waals surface area (Å²) in [5.74, 6) is 0.665. The van der Waals surface area contributed by atoms with Gasteiger partial charge in [0.1, 0.15) is 0 Å². The van der Waals surface area contributed by atoms with Gasteiger partial charge in [-0.25, -0.2) is 0 Å². The predicted molar refractivity (Wildman–Crippen MR) is 103 cm³/mol. The number of nitrogens with zero attached hydrogens (tertiary/aromatic N) is 1. The molecule has 0 amide bonds. The van der Waals surface area contributed by atoms with Crippen molar-refractivity contribution >= 4 is 15.9 Å². The Balaban J connectivity index is 2.21. The van der Waals surface area contributed by atoms with Gasteiger partial charge in [-0.2, -0.15) is 0 Å². The number of hydrogen-bond donors (Lipinski definition) is 0. The molecular weight excluding hydrogens is 346 g/mol. The van der Waals surface area contributed by atoms with Gasteiger partial charge in [-0.3, -0.25) is 4.90 Å². The van der Waals surface area contributed by atoms with Crippen LogP contribution in [0.15, 0.2) is 71.7 Å². The van der Waals surface area contributed by atoms with E-state index in [-0.39, 0.29) is 0 Å². The molecule has 0 aliphatic rings. The third kappa shape index (κ3) is 6.32. The highest BCUT2D eigenvalue weighted by molar-refractivity contribution is 9.11. The van der Waals surface area contributed by atoms with E-state index in [0.29, 0.717) is 12.0 Å². The van der Waals surface area contributed by atoms with Crippen LogP contribution in [0, 0.1) is 5.92 Å². The van der Waals surface area contributed by atoms with E-state index in [1.807, 2.05) is 4.99 Å². The van der Waals surface area contributed by atoms with Gasteiger partial charge in [-0.15, -0.1) is 0 Å². The Labute approximate surface area is 149 Å². The van der Waals surface area contributed by atoms with Gasteiger partial charge in [0.2, 0.25) is 0 Å². The zero-order valence-electron chi connectivity index (χ0n) is 14.0. The van der Waals surface area contributed by atoms with Crippen LogP contribution in [0.5, 0.6) is 0 Å². The van der Waals surface area contributed by atoms with Gasteiger partial charge >= 0.3 is 0 Å². The second-order valence-electron chi connectivity index (χ2n) is 6.39. The first-order valence-corrected chi connectivity index (χ1v) is 9.19. The van der Waals surface area contributed by atoms with Crippen molar-refractivity contribution in [2.45, 2.75) is 39.4 Å². The van der Waals surface area contributed by atoms with Crippen LogP contribution in [-0.2, 0) is 13.1 Å². The minimum absolute atomic E-state index is 0.426. The smallest absolute Gasteiger partial charge is 0.0295 e. The zero-order valence-corrected chi connectivity index (χ0v) is 15.6. The van der Waals surface area contributed by atoms with Gasteiger partial charge in [-0.1, -0.05) is 96.5 Å². The van der Waals surface area contributed by atoms with Crippen molar-refractivity contribution in [3.8, 4) is 0 Å². The second kappa shape index (κ2) is 9.69. The van der Waals surface area contributed by atoms with Crippen LogP contribution in [0.4, 0.5) is 0 Å². The minimum Gasteiger partial charge on any atom is -0.288 e. The third-order valence-electron chi connectivity index (χ3n) is 3.93. The molecule has 0 fully saturated rings. The maximum atomic E-state index is 3.47. The number of rotatable bonds is 8. The van der Waals surface area contributed by atoms with Crippen molar-refractivity contribution in [1.82, 2.24) is 4.90 Å². The highest BCUT2D eigenvalue weighted by atomic mass is 79.9. The van der Waals surface area contributed by atoms with Crippen molar-refractivity contribution in [2.75, 3.05) is 0 Å². The van der Waals surface area contributed by atoms with Crippen LogP contribution in [0.2, 0.25) is 0 Å². The van der Waals surface area contributed by atoms with Crippen molar-refractivity contribution in [2.24, 2.45) is 5.92 Å². The molecule has 23 heavy (non-hydrogen) atoms. The Hall–Kier alpha value is -1.38. The third-order valence-corrected chi connectivity index (χ3v) is 4.24. The van der Waals surface area contributed by atoms with Gasteiger partial charge in [0.25, 0.3) is 0 Å². The van der Waals surface area contributed by atoms with E-state index >= 15 is 0 Å². The number of halogens is 1. The SMILES string of the molecule is CC(C)C[C@@H](/C=C/Br)N(Cc1ccccc1)Cc1ccccc1. The lowest BCUT2D eigenvalue weighted by molar-refractivity contribution is 0.189. The Bertz CT molecular complexity index is 536. The van der Waals surface area contributed by atoms with E-state index in [1.165, 1.54) is 11.1 Å². The number of benzene rings is 2. The summed E-state index contributed by atoms with van der Waals surface area (Å²) in [6.07, 6.45) is 3.42.